The molecule has 2 rings (SSSR count). The summed E-state index contributed by atoms with van der Waals surface area (Å²) < 4.78 is 13.9. The third-order valence-electron chi connectivity index (χ3n) is 4.04. The molecule has 1 N–H and O–H groups in total. The summed E-state index contributed by atoms with van der Waals surface area (Å²) in [5, 5.41) is 3.59. The van der Waals surface area contributed by atoms with Crippen molar-refractivity contribution in [3.63, 3.8) is 0 Å². The molecule has 1 aromatic rings. The van der Waals surface area contributed by atoms with Gasteiger partial charge >= 0.3 is 0 Å². The van der Waals surface area contributed by atoms with Gasteiger partial charge in [0.25, 0.3) is 0 Å². The van der Waals surface area contributed by atoms with Crippen LogP contribution in [0.5, 0.6) is 0 Å². The number of nitrogens with one attached hydrogen (secondary N) is 1. The SMILES string of the molecule is CCCNC1CCCN(C(C)c2ccccc2F)C1. The number of piperidine rings is 1. The lowest BCUT2D eigenvalue weighted by Crippen LogP contribution is -2.46. The van der Waals surface area contributed by atoms with E-state index in [4.69, 9.17) is 0 Å². The zero-order valence-electron chi connectivity index (χ0n) is 12.0. The summed E-state index contributed by atoms with van der Waals surface area (Å²) in [7, 11) is 0. The molecule has 0 amide bonds. The van der Waals surface area contributed by atoms with Crippen LogP contribution in [0.2, 0.25) is 0 Å². The zero-order valence-corrected chi connectivity index (χ0v) is 12.0. The fourth-order valence-electron chi connectivity index (χ4n) is 2.88. The molecule has 0 aromatic heterocycles. The zero-order chi connectivity index (χ0) is 13.7. The van der Waals surface area contributed by atoms with Gasteiger partial charge in [-0.1, -0.05) is 25.1 Å². The third kappa shape index (κ3) is 3.77. The lowest BCUT2D eigenvalue weighted by molar-refractivity contribution is 0.144. The molecular formula is C16H25FN2. The fraction of sp³-hybridized carbons (Fsp3) is 0.625. The molecule has 1 saturated heterocycles. The number of nitrogens with zero attached hydrogens (tertiary/aromatic N) is 1. The average Bonchev–Trinajstić information content (AvgIpc) is 2.45. The Bertz CT molecular complexity index is 394. The van der Waals surface area contributed by atoms with Gasteiger partial charge in [0, 0.05) is 24.2 Å². The molecule has 1 aliphatic heterocycles. The summed E-state index contributed by atoms with van der Waals surface area (Å²) in [6.45, 7) is 7.47. The quantitative estimate of drug-likeness (QED) is 0.877. The van der Waals surface area contributed by atoms with Crippen LogP contribution in [0.1, 0.15) is 44.7 Å². The van der Waals surface area contributed by atoms with Crippen LogP contribution < -0.4 is 5.32 Å². The molecule has 1 aromatic carbocycles. The van der Waals surface area contributed by atoms with Gasteiger partial charge in [0.1, 0.15) is 5.82 Å². The van der Waals surface area contributed by atoms with Crippen LogP contribution in [0.15, 0.2) is 24.3 Å². The Labute approximate surface area is 116 Å². The summed E-state index contributed by atoms with van der Waals surface area (Å²) in [5.41, 5.74) is 0.818. The second-order valence-corrected chi connectivity index (χ2v) is 5.49. The van der Waals surface area contributed by atoms with Crippen LogP contribution in [0.25, 0.3) is 0 Å². The van der Waals surface area contributed by atoms with Gasteiger partial charge in [0.05, 0.1) is 0 Å². The monoisotopic (exact) mass is 264 g/mol. The van der Waals surface area contributed by atoms with Crippen LogP contribution in [0, 0.1) is 5.82 Å². The Morgan fingerprint density at radius 2 is 2.21 bits per heavy atom. The molecular weight excluding hydrogens is 239 g/mol. The molecule has 1 heterocycles. The van der Waals surface area contributed by atoms with E-state index in [-0.39, 0.29) is 11.9 Å². The van der Waals surface area contributed by atoms with E-state index in [9.17, 15) is 4.39 Å². The number of halogens is 1. The molecule has 3 heteroatoms. The number of likely N-dealkylation sites (tertiary alicyclic amines) is 1. The predicted octanol–water partition coefficient (Wildman–Crippen LogP) is 3.35. The van der Waals surface area contributed by atoms with Crippen molar-refractivity contribution in [2.45, 2.75) is 45.2 Å². The topological polar surface area (TPSA) is 15.3 Å². The van der Waals surface area contributed by atoms with E-state index < -0.39 is 0 Å². The van der Waals surface area contributed by atoms with Crippen molar-refractivity contribution >= 4 is 0 Å². The molecule has 0 radical (unpaired) electrons. The third-order valence-corrected chi connectivity index (χ3v) is 4.04. The maximum absolute atomic E-state index is 13.9. The summed E-state index contributed by atoms with van der Waals surface area (Å²) >= 11 is 0. The highest BCUT2D eigenvalue weighted by atomic mass is 19.1. The highest BCUT2D eigenvalue weighted by Crippen LogP contribution is 2.25. The van der Waals surface area contributed by atoms with Crippen molar-refractivity contribution in [2.75, 3.05) is 19.6 Å². The van der Waals surface area contributed by atoms with Crippen LogP contribution in [-0.4, -0.2) is 30.6 Å². The minimum atomic E-state index is -0.0846. The molecule has 106 valence electrons. The first-order valence-corrected chi connectivity index (χ1v) is 7.44. The van der Waals surface area contributed by atoms with E-state index >= 15 is 0 Å². The standard InChI is InChI=1S/C16H25FN2/c1-3-10-18-14-7-6-11-19(12-14)13(2)15-8-4-5-9-16(15)17/h4-5,8-9,13-14,18H,3,6-7,10-12H2,1-2H3. The molecule has 1 aliphatic rings. The summed E-state index contributed by atoms with van der Waals surface area (Å²) in [5.74, 6) is -0.0846. The van der Waals surface area contributed by atoms with Crippen molar-refractivity contribution in [3.8, 4) is 0 Å². The first kappa shape index (κ1) is 14.5. The van der Waals surface area contributed by atoms with Crippen molar-refractivity contribution in [1.82, 2.24) is 10.2 Å². The van der Waals surface area contributed by atoms with Crippen molar-refractivity contribution in [2.24, 2.45) is 0 Å². The first-order valence-electron chi connectivity index (χ1n) is 7.44. The van der Waals surface area contributed by atoms with Crippen LogP contribution in [0.4, 0.5) is 4.39 Å². The maximum atomic E-state index is 13.9. The van der Waals surface area contributed by atoms with E-state index in [2.05, 4.69) is 24.1 Å². The number of hydrogen-bond acceptors (Lipinski definition) is 2. The molecule has 0 saturated carbocycles. The lowest BCUT2D eigenvalue weighted by atomic mass is 10.00. The second-order valence-electron chi connectivity index (χ2n) is 5.49. The molecule has 2 unspecified atom stereocenters. The minimum Gasteiger partial charge on any atom is -0.313 e. The molecule has 0 spiro atoms. The predicted molar refractivity (Wildman–Crippen MR) is 77.7 cm³/mol. The van der Waals surface area contributed by atoms with Gasteiger partial charge in [-0.05, 0) is 45.3 Å². The minimum absolute atomic E-state index is 0.0846. The maximum Gasteiger partial charge on any atom is 0.127 e. The second kappa shape index (κ2) is 7.01. The molecule has 0 aliphatic carbocycles. The summed E-state index contributed by atoms with van der Waals surface area (Å²) in [6, 6.07) is 7.86. The number of benzene rings is 1. The average molecular weight is 264 g/mol. The smallest absolute Gasteiger partial charge is 0.127 e. The Kier molecular flexibility index (Phi) is 5.34. The number of rotatable bonds is 5. The van der Waals surface area contributed by atoms with Crippen LogP contribution in [-0.2, 0) is 0 Å². The molecule has 2 nitrogen and oxygen atoms in total. The van der Waals surface area contributed by atoms with Gasteiger partial charge in [-0.2, -0.15) is 0 Å². The van der Waals surface area contributed by atoms with Gasteiger partial charge < -0.3 is 5.32 Å². The lowest BCUT2D eigenvalue weighted by Gasteiger charge is -2.37. The highest BCUT2D eigenvalue weighted by molar-refractivity contribution is 5.20. The molecule has 19 heavy (non-hydrogen) atoms. The van der Waals surface area contributed by atoms with Crippen molar-refractivity contribution in [1.29, 1.82) is 0 Å². The number of hydrogen-bond donors (Lipinski definition) is 1. The van der Waals surface area contributed by atoms with E-state index in [1.807, 2.05) is 12.1 Å². The van der Waals surface area contributed by atoms with Crippen molar-refractivity contribution in [3.05, 3.63) is 35.6 Å². The van der Waals surface area contributed by atoms with E-state index in [0.29, 0.717) is 6.04 Å². The van der Waals surface area contributed by atoms with Gasteiger partial charge in [-0.15, -0.1) is 0 Å². The van der Waals surface area contributed by atoms with E-state index in [0.717, 1.165) is 25.2 Å². The van der Waals surface area contributed by atoms with Crippen LogP contribution in [0.3, 0.4) is 0 Å². The Morgan fingerprint density at radius 3 is 2.95 bits per heavy atom. The molecule has 2 atom stereocenters. The largest absolute Gasteiger partial charge is 0.313 e. The highest BCUT2D eigenvalue weighted by Gasteiger charge is 2.25. The first-order chi connectivity index (χ1) is 9.22. The van der Waals surface area contributed by atoms with Gasteiger partial charge in [0.2, 0.25) is 0 Å². The van der Waals surface area contributed by atoms with E-state index in [1.54, 1.807) is 12.1 Å². The van der Waals surface area contributed by atoms with Gasteiger partial charge in [-0.25, -0.2) is 4.39 Å². The van der Waals surface area contributed by atoms with Gasteiger partial charge in [-0.3, -0.25) is 4.90 Å². The van der Waals surface area contributed by atoms with E-state index in [1.165, 1.54) is 19.3 Å². The Balaban J connectivity index is 1.99. The van der Waals surface area contributed by atoms with Gasteiger partial charge in [0.15, 0.2) is 0 Å². The summed E-state index contributed by atoms with van der Waals surface area (Å²) in [4.78, 5) is 2.40. The fourth-order valence-corrected chi connectivity index (χ4v) is 2.88. The normalized spacial score (nSPS) is 22.4. The summed E-state index contributed by atoms with van der Waals surface area (Å²) in [6.07, 6.45) is 3.60. The Hall–Kier alpha value is -0.930. The van der Waals surface area contributed by atoms with Crippen molar-refractivity contribution < 1.29 is 4.39 Å². The van der Waals surface area contributed by atoms with Crippen LogP contribution >= 0.6 is 0 Å². The molecule has 1 fully saturated rings. The Morgan fingerprint density at radius 1 is 1.42 bits per heavy atom. The molecule has 0 bridgehead atoms.